The molecule has 0 saturated heterocycles. The maximum absolute atomic E-state index is 13.3. The van der Waals surface area contributed by atoms with Crippen molar-refractivity contribution < 1.29 is 56.9 Å². The Morgan fingerprint density at radius 3 is 1.03 bits per heavy atom. The molecule has 0 N–H and O–H groups in total. The first-order chi connectivity index (χ1) is 27.9. The molecule has 0 radical (unpaired) electrons. The predicted octanol–water partition coefficient (Wildman–Crippen LogP) is 10.8. The van der Waals surface area contributed by atoms with Crippen molar-refractivity contribution in [3.8, 4) is 11.2 Å². The van der Waals surface area contributed by atoms with E-state index in [2.05, 4.69) is 11.2 Å². The third-order valence-corrected chi connectivity index (χ3v) is 11.1. The first-order valence-electron chi connectivity index (χ1n) is 17.9. The molecule has 0 spiro atoms. The normalized spacial score (nSPS) is 13.3. The maximum Gasteiger partial charge on any atom is 0.416 e. The summed E-state index contributed by atoms with van der Waals surface area (Å²) >= 11 is 0. The number of benzene rings is 6. The molecule has 6 aromatic rings. The van der Waals surface area contributed by atoms with Crippen LogP contribution in [0.2, 0.25) is 0 Å². The number of hydrogen-bond donors (Lipinski definition) is 0. The van der Waals surface area contributed by atoms with E-state index in [1.807, 2.05) is 61.5 Å². The van der Waals surface area contributed by atoms with Crippen LogP contribution in [-0.2, 0) is 44.6 Å². The van der Waals surface area contributed by atoms with E-state index in [1.165, 1.54) is 5.56 Å². The quantitative estimate of drug-likeness (QED) is 0.0706. The van der Waals surface area contributed by atoms with Crippen LogP contribution in [0.25, 0.3) is 0 Å². The summed E-state index contributed by atoms with van der Waals surface area (Å²) in [6.07, 6.45) is -20.3. The van der Waals surface area contributed by atoms with Gasteiger partial charge < -0.3 is 0 Å². The van der Waals surface area contributed by atoms with E-state index in [0.717, 1.165) is 59.7 Å². The van der Waals surface area contributed by atoms with Crippen LogP contribution < -0.4 is 21.9 Å². The maximum atomic E-state index is 13.3. The minimum absolute atomic E-state index is 0.0114. The van der Waals surface area contributed by atoms with Gasteiger partial charge in [0.05, 0.1) is 22.3 Å². The van der Waals surface area contributed by atoms with Gasteiger partial charge in [-0.05, 0) is 25.0 Å². The second-order valence-corrected chi connectivity index (χ2v) is 16.6. The minimum Gasteiger partial charge on any atom is -0.195 e. The zero-order valence-electron chi connectivity index (χ0n) is 31.6. The van der Waals surface area contributed by atoms with Gasteiger partial charge in [0.2, 0.25) is 0 Å². The summed E-state index contributed by atoms with van der Waals surface area (Å²) in [7, 11) is -2.16. The lowest BCUT2D eigenvalue weighted by Crippen LogP contribution is -2.74. The molecule has 0 aliphatic carbocycles. The first-order valence-corrected chi connectivity index (χ1v) is 20.0. The van der Waals surface area contributed by atoms with Crippen LogP contribution in [0.1, 0.15) is 38.9 Å². The van der Waals surface area contributed by atoms with E-state index < -0.39 is 63.0 Å². The van der Waals surface area contributed by atoms with Gasteiger partial charge in [-0.2, -0.15) is 74.5 Å². The van der Waals surface area contributed by atoms with E-state index in [-0.39, 0.29) is 21.9 Å². The summed E-state index contributed by atoms with van der Waals surface area (Å²) in [5.74, 6) is 3.50. The average Bonchev–Trinajstić information content (AvgIpc) is 3.18. The third-order valence-electron chi connectivity index (χ3n) is 9.70. The topological polar surface area (TPSA) is 17.1 Å². The van der Waals surface area contributed by atoms with Crippen LogP contribution in [0.4, 0.5) is 52.7 Å². The Morgan fingerprint density at radius 1 is 0.450 bits per heavy atom. The zero-order chi connectivity index (χ0) is 44.1. The number of hydrogen-bond acceptors (Lipinski definition) is 1. The van der Waals surface area contributed by atoms with Gasteiger partial charge in [0.15, 0.2) is 15.2 Å². The molecule has 1 unspecified atom stereocenters. The summed E-state index contributed by atoms with van der Waals surface area (Å²) in [5.41, 5.74) is -1.11. The second kappa shape index (κ2) is 17.5. The van der Waals surface area contributed by atoms with Crippen molar-refractivity contribution in [1.82, 2.24) is 0 Å². The fourth-order valence-corrected chi connectivity index (χ4v) is 7.96. The van der Waals surface area contributed by atoms with Crippen LogP contribution in [0.5, 0.6) is 0 Å². The van der Waals surface area contributed by atoms with Crippen LogP contribution in [-0.4, -0.2) is 12.4 Å². The lowest BCUT2D eigenvalue weighted by molar-refractivity contribution is -0.138. The molecule has 312 valence electrons. The molecular weight excluding hydrogens is 827 g/mol. The number of aryl methyl sites for hydroxylation is 1. The molecule has 0 aliphatic heterocycles. The van der Waals surface area contributed by atoms with Gasteiger partial charge in [-0.3, -0.25) is 0 Å². The van der Waals surface area contributed by atoms with Gasteiger partial charge in [-0.15, -0.1) is 0 Å². The standard InChI is InChI=1S/C28H16BF12.C17H17OS/c30-25(31,32)17-1-9-21(10-2-17)29(22-11-3-18(4-12-22)26(33,34)35,23-13-5-19(6-14-23)27(36,37)38)24-15-7-20(8-16-24)28(39,40)41;1-15-8-10-17(11-9-15)14-19(2,18)13-12-16-6-4-3-5-7-16/h1-16H;3-11H,14H2,1-2H3/q-1;+1. The van der Waals surface area contributed by atoms with Gasteiger partial charge in [0.1, 0.15) is 18.2 Å². The Hall–Kier alpha value is -5.75. The van der Waals surface area contributed by atoms with Crippen molar-refractivity contribution in [2.24, 2.45) is 0 Å². The molecule has 1 nitrogen and oxygen atoms in total. The van der Waals surface area contributed by atoms with Gasteiger partial charge in [0, 0.05) is 11.1 Å². The van der Waals surface area contributed by atoms with E-state index in [1.54, 1.807) is 6.26 Å². The van der Waals surface area contributed by atoms with Gasteiger partial charge in [-0.1, -0.05) is 149 Å². The molecule has 6 rings (SSSR count). The largest absolute Gasteiger partial charge is 0.416 e. The summed E-state index contributed by atoms with van der Waals surface area (Å²) in [6.45, 7) is 2.04. The summed E-state index contributed by atoms with van der Waals surface area (Å²) in [4.78, 5) is 0. The van der Waals surface area contributed by atoms with Crippen molar-refractivity contribution in [3.05, 3.63) is 191 Å². The fourth-order valence-electron chi connectivity index (χ4n) is 6.72. The molecule has 0 fully saturated rings. The van der Waals surface area contributed by atoms with Gasteiger partial charge in [0.25, 0.3) is 0 Å². The number of halogens is 12. The molecule has 15 heteroatoms. The van der Waals surface area contributed by atoms with E-state index in [4.69, 9.17) is 0 Å². The Kier molecular flexibility index (Phi) is 13.2. The molecule has 0 saturated carbocycles. The molecule has 1 atom stereocenters. The van der Waals surface area contributed by atoms with Crippen LogP contribution in [0, 0.1) is 18.1 Å². The Labute approximate surface area is 339 Å². The van der Waals surface area contributed by atoms with Gasteiger partial charge in [-0.25, -0.2) is 0 Å². The van der Waals surface area contributed by atoms with Crippen molar-refractivity contribution in [2.75, 3.05) is 6.26 Å². The number of alkyl halides is 12. The van der Waals surface area contributed by atoms with Crippen molar-refractivity contribution in [1.29, 1.82) is 0 Å². The van der Waals surface area contributed by atoms with Crippen LogP contribution in [0.15, 0.2) is 152 Å². The highest BCUT2D eigenvalue weighted by Crippen LogP contribution is 2.32. The van der Waals surface area contributed by atoms with E-state index in [0.29, 0.717) is 54.3 Å². The Balaban J connectivity index is 0.000000299. The molecule has 0 aromatic heterocycles. The second-order valence-electron chi connectivity index (χ2n) is 14.1. The summed E-state index contributed by atoms with van der Waals surface area (Å²) < 4.78 is 173. The first kappa shape index (κ1) is 45.3. The molecule has 0 aliphatic rings. The zero-order valence-corrected chi connectivity index (χ0v) is 32.4. The summed E-state index contributed by atoms with van der Waals surface area (Å²) in [6, 6.07) is 31.3. The molecular formula is C45H33BF12OS. The Bertz CT molecular complexity index is 2230. The summed E-state index contributed by atoms with van der Waals surface area (Å²) in [5, 5.41) is 2.92. The molecule has 60 heavy (non-hydrogen) atoms. The smallest absolute Gasteiger partial charge is 0.195 e. The highest BCUT2D eigenvalue weighted by atomic mass is 32.2. The fraction of sp³-hybridized carbons (Fsp3) is 0.156. The van der Waals surface area contributed by atoms with Gasteiger partial charge >= 0.3 is 24.7 Å². The third kappa shape index (κ3) is 11.1. The predicted molar refractivity (Wildman–Crippen MR) is 212 cm³/mol. The highest BCUT2D eigenvalue weighted by molar-refractivity contribution is 8.05. The average molecular weight is 861 g/mol. The molecule has 0 heterocycles. The highest BCUT2D eigenvalue weighted by Gasteiger charge is 2.38. The van der Waals surface area contributed by atoms with E-state index >= 15 is 0 Å². The Morgan fingerprint density at radius 2 is 0.750 bits per heavy atom. The lowest BCUT2D eigenvalue weighted by atomic mass is 9.13. The van der Waals surface area contributed by atoms with Crippen LogP contribution in [0.3, 0.4) is 0 Å². The van der Waals surface area contributed by atoms with E-state index in [9.17, 15) is 56.9 Å². The molecule has 0 bridgehead atoms. The van der Waals surface area contributed by atoms with Crippen molar-refractivity contribution in [3.63, 3.8) is 0 Å². The monoisotopic (exact) mass is 860 g/mol. The molecule has 6 aromatic carbocycles. The SMILES string of the molecule is Cc1ccc(C[S+](C)(=O)C#Cc2ccccc2)cc1.FC(F)(F)c1ccc([B-](c2ccc(C(F)(F)F)cc2)(c2ccc(C(F)(F)F)cc2)c2ccc(C(F)(F)F)cc2)cc1. The van der Waals surface area contributed by atoms with Crippen molar-refractivity contribution in [2.45, 2.75) is 37.4 Å². The minimum atomic E-state index is -4.77. The molecule has 0 amide bonds. The van der Waals surface area contributed by atoms with Crippen molar-refractivity contribution >= 4 is 37.9 Å². The van der Waals surface area contributed by atoms with Crippen LogP contribution >= 0.6 is 0 Å². The lowest BCUT2D eigenvalue weighted by Gasteiger charge is -2.44. The number of rotatable bonds is 6.